The smallest absolute Gasteiger partial charge is 0.274 e. The van der Waals surface area contributed by atoms with Gasteiger partial charge in [-0.3, -0.25) is 19.1 Å². The van der Waals surface area contributed by atoms with Gasteiger partial charge in [0.1, 0.15) is 5.69 Å². The van der Waals surface area contributed by atoms with Crippen LogP contribution >= 0.6 is 0 Å². The number of amides is 3. The molecule has 5 rings (SSSR count). The standard InChI is InChI=1S/C25H31N5O4/c31-23(27-13-15-34-16-14-27)9-12-29(20-7-8-20)24(32)21-17-22-25(33)28(10-4-11-30(22)26-21)18-19-5-2-1-3-6-19/h1-3,5-6,17,20H,4,7-16,18H2. The summed E-state index contributed by atoms with van der Waals surface area (Å²) in [5, 5.41) is 4.52. The average Bonchev–Trinajstić information content (AvgIpc) is 3.64. The molecule has 1 saturated heterocycles. The van der Waals surface area contributed by atoms with E-state index in [0.717, 1.165) is 24.8 Å². The Kier molecular flexibility index (Phi) is 6.62. The molecule has 9 heteroatoms. The first-order valence-corrected chi connectivity index (χ1v) is 12.2. The fourth-order valence-electron chi connectivity index (χ4n) is 4.66. The maximum Gasteiger partial charge on any atom is 0.274 e. The second-order valence-corrected chi connectivity index (χ2v) is 9.18. The first kappa shape index (κ1) is 22.6. The van der Waals surface area contributed by atoms with Crippen LogP contribution in [0.1, 0.15) is 52.2 Å². The highest BCUT2D eigenvalue weighted by molar-refractivity contribution is 5.98. The molecule has 1 aromatic carbocycles. The Hall–Kier alpha value is -3.20. The molecule has 0 bridgehead atoms. The highest BCUT2D eigenvalue weighted by Crippen LogP contribution is 2.29. The van der Waals surface area contributed by atoms with E-state index in [4.69, 9.17) is 4.74 Å². The van der Waals surface area contributed by atoms with Crippen molar-refractivity contribution in [2.45, 2.75) is 44.8 Å². The van der Waals surface area contributed by atoms with Crippen molar-refractivity contribution in [1.82, 2.24) is 24.5 Å². The zero-order valence-electron chi connectivity index (χ0n) is 19.4. The second kappa shape index (κ2) is 9.97. The molecule has 1 aliphatic carbocycles. The van der Waals surface area contributed by atoms with E-state index in [9.17, 15) is 14.4 Å². The van der Waals surface area contributed by atoms with Gasteiger partial charge in [0.15, 0.2) is 5.69 Å². The first-order valence-electron chi connectivity index (χ1n) is 12.2. The molecule has 3 amide bonds. The second-order valence-electron chi connectivity index (χ2n) is 9.18. The summed E-state index contributed by atoms with van der Waals surface area (Å²) in [5.74, 6) is -0.247. The summed E-state index contributed by atoms with van der Waals surface area (Å²) in [5.41, 5.74) is 1.82. The Balaban J connectivity index is 1.27. The van der Waals surface area contributed by atoms with Gasteiger partial charge < -0.3 is 19.4 Å². The number of aryl methyl sites for hydroxylation is 1. The lowest BCUT2D eigenvalue weighted by Gasteiger charge is -2.28. The van der Waals surface area contributed by atoms with Crippen molar-refractivity contribution in [2.24, 2.45) is 0 Å². The number of ether oxygens (including phenoxy) is 1. The predicted molar refractivity (Wildman–Crippen MR) is 124 cm³/mol. The van der Waals surface area contributed by atoms with Crippen LogP contribution in [-0.4, -0.2) is 87.6 Å². The quantitative estimate of drug-likeness (QED) is 0.622. The predicted octanol–water partition coefficient (Wildman–Crippen LogP) is 1.78. The van der Waals surface area contributed by atoms with Gasteiger partial charge in [-0.25, -0.2) is 0 Å². The van der Waals surface area contributed by atoms with Crippen molar-refractivity contribution in [3.05, 3.63) is 53.3 Å². The minimum Gasteiger partial charge on any atom is -0.378 e. The monoisotopic (exact) mass is 465 g/mol. The molecule has 0 spiro atoms. The molecule has 3 aliphatic rings. The topological polar surface area (TPSA) is 88.0 Å². The lowest BCUT2D eigenvalue weighted by Crippen LogP contribution is -2.43. The minimum atomic E-state index is -0.194. The molecule has 9 nitrogen and oxygen atoms in total. The Morgan fingerprint density at radius 1 is 1.06 bits per heavy atom. The van der Waals surface area contributed by atoms with Crippen LogP contribution < -0.4 is 0 Å². The van der Waals surface area contributed by atoms with Crippen LogP contribution in [0.15, 0.2) is 36.4 Å². The van der Waals surface area contributed by atoms with E-state index in [1.807, 2.05) is 35.2 Å². The van der Waals surface area contributed by atoms with Gasteiger partial charge in [-0.1, -0.05) is 30.3 Å². The molecular formula is C25H31N5O4. The molecule has 1 aromatic heterocycles. The van der Waals surface area contributed by atoms with Crippen LogP contribution in [0.25, 0.3) is 0 Å². The van der Waals surface area contributed by atoms with Crippen molar-refractivity contribution in [1.29, 1.82) is 0 Å². The number of nitrogens with zero attached hydrogens (tertiary/aromatic N) is 5. The van der Waals surface area contributed by atoms with E-state index in [2.05, 4.69) is 5.10 Å². The van der Waals surface area contributed by atoms with Crippen LogP contribution in [0.4, 0.5) is 0 Å². The number of carbonyl (C=O) groups is 3. The van der Waals surface area contributed by atoms with E-state index < -0.39 is 0 Å². The number of hydrogen-bond acceptors (Lipinski definition) is 5. The van der Waals surface area contributed by atoms with Gasteiger partial charge in [-0.05, 0) is 24.8 Å². The van der Waals surface area contributed by atoms with Crippen molar-refractivity contribution >= 4 is 17.7 Å². The zero-order valence-corrected chi connectivity index (χ0v) is 19.4. The van der Waals surface area contributed by atoms with Crippen molar-refractivity contribution in [2.75, 3.05) is 39.4 Å². The number of hydrogen-bond donors (Lipinski definition) is 0. The maximum atomic E-state index is 13.4. The van der Waals surface area contributed by atoms with Gasteiger partial charge in [0, 0.05) is 57.8 Å². The lowest BCUT2D eigenvalue weighted by atomic mass is 10.2. The molecule has 34 heavy (non-hydrogen) atoms. The summed E-state index contributed by atoms with van der Waals surface area (Å²) < 4.78 is 6.99. The van der Waals surface area contributed by atoms with Crippen LogP contribution in [0.5, 0.6) is 0 Å². The number of rotatable bonds is 7. The fourth-order valence-corrected chi connectivity index (χ4v) is 4.66. The third kappa shape index (κ3) is 4.99. The summed E-state index contributed by atoms with van der Waals surface area (Å²) >= 11 is 0. The average molecular weight is 466 g/mol. The Morgan fingerprint density at radius 3 is 2.56 bits per heavy atom. The summed E-state index contributed by atoms with van der Waals surface area (Å²) in [6.07, 6.45) is 2.95. The summed E-state index contributed by atoms with van der Waals surface area (Å²) in [6, 6.07) is 11.7. The highest BCUT2D eigenvalue weighted by atomic mass is 16.5. The van der Waals surface area contributed by atoms with E-state index in [1.165, 1.54) is 0 Å². The molecular weight excluding hydrogens is 434 g/mol. The van der Waals surface area contributed by atoms with Gasteiger partial charge in [-0.15, -0.1) is 0 Å². The summed E-state index contributed by atoms with van der Waals surface area (Å²) in [4.78, 5) is 44.6. The van der Waals surface area contributed by atoms with Crippen molar-refractivity contribution < 1.29 is 19.1 Å². The van der Waals surface area contributed by atoms with Crippen LogP contribution in [-0.2, 0) is 22.6 Å². The molecule has 0 N–H and O–H groups in total. The zero-order chi connectivity index (χ0) is 23.5. The SMILES string of the molecule is O=C(CCN(C(=O)c1cc2n(n1)CCCN(Cc1ccccc1)C2=O)C1CC1)N1CCOCC1. The highest BCUT2D eigenvalue weighted by Gasteiger charge is 2.36. The summed E-state index contributed by atoms with van der Waals surface area (Å²) in [7, 11) is 0. The van der Waals surface area contributed by atoms with Crippen LogP contribution in [0, 0.1) is 0 Å². The minimum absolute atomic E-state index is 0.0501. The molecule has 2 aliphatic heterocycles. The molecule has 2 fully saturated rings. The van der Waals surface area contributed by atoms with Gasteiger partial charge in [0.25, 0.3) is 11.8 Å². The summed E-state index contributed by atoms with van der Waals surface area (Å²) in [6.45, 7) is 4.48. The molecule has 1 saturated carbocycles. The van der Waals surface area contributed by atoms with Crippen LogP contribution in [0.3, 0.4) is 0 Å². The number of carbonyl (C=O) groups excluding carboxylic acids is 3. The molecule has 2 aromatic rings. The van der Waals surface area contributed by atoms with E-state index in [-0.39, 0.29) is 29.5 Å². The number of benzene rings is 1. The van der Waals surface area contributed by atoms with E-state index in [1.54, 1.807) is 20.5 Å². The van der Waals surface area contributed by atoms with E-state index in [0.29, 0.717) is 64.6 Å². The maximum absolute atomic E-state index is 13.4. The normalized spacial score (nSPS) is 18.4. The third-order valence-corrected chi connectivity index (χ3v) is 6.70. The molecule has 3 heterocycles. The lowest BCUT2D eigenvalue weighted by molar-refractivity contribution is -0.135. The molecule has 180 valence electrons. The Bertz CT molecular complexity index is 1040. The van der Waals surface area contributed by atoms with Gasteiger partial charge in [-0.2, -0.15) is 5.10 Å². The number of morpholine rings is 1. The Labute approximate surface area is 199 Å². The molecule has 0 radical (unpaired) electrons. The molecule has 0 unspecified atom stereocenters. The largest absolute Gasteiger partial charge is 0.378 e. The van der Waals surface area contributed by atoms with Gasteiger partial charge >= 0.3 is 0 Å². The van der Waals surface area contributed by atoms with Gasteiger partial charge in [0.05, 0.1) is 13.2 Å². The number of aromatic nitrogens is 2. The van der Waals surface area contributed by atoms with Crippen LogP contribution in [0.2, 0.25) is 0 Å². The van der Waals surface area contributed by atoms with Crippen molar-refractivity contribution in [3.63, 3.8) is 0 Å². The number of fused-ring (bicyclic) bond motifs is 1. The fraction of sp³-hybridized carbons (Fsp3) is 0.520. The van der Waals surface area contributed by atoms with Crippen molar-refractivity contribution in [3.8, 4) is 0 Å². The molecule has 0 atom stereocenters. The Morgan fingerprint density at radius 2 is 1.82 bits per heavy atom. The first-order chi connectivity index (χ1) is 16.6. The van der Waals surface area contributed by atoms with E-state index >= 15 is 0 Å². The van der Waals surface area contributed by atoms with Gasteiger partial charge in [0.2, 0.25) is 5.91 Å². The third-order valence-electron chi connectivity index (χ3n) is 6.70.